The molecule has 1 rings (SSSR count). The summed E-state index contributed by atoms with van der Waals surface area (Å²) >= 11 is 5.56. The van der Waals surface area contributed by atoms with Crippen molar-refractivity contribution in [2.75, 3.05) is 5.88 Å². The summed E-state index contributed by atoms with van der Waals surface area (Å²) in [5.74, 6) is 0.593. The first-order chi connectivity index (χ1) is 6.25. The molecule has 1 aromatic rings. The van der Waals surface area contributed by atoms with Gasteiger partial charge in [0.15, 0.2) is 0 Å². The van der Waals surface area contributed by atoms with Gasteiger partial charge in [-0.3, -0.25) is 0 Å². The Kier molecular flexibility index (Phi) is 4.29. The van der Waals surface area contributed by atoms with Crippen LogP contribution in [0.5, 0.6) is 0 Å². The molecule has 0 aliphatic heterocycles. The van der Waals surface area contributed by atoms with Crippen LogP contribution in [0.1, 0.15) is 12.0 Å². The molecule has 0 aliphatic carbocycles. The van der Waals surface area contributed by atoms with E-state index in [4.69, 9.17) is 21.6 Å². The minimum atomic E-state index is -1.38. The molecule has 0 amide bonds. The monoisotopic (exact) mass is 198 g/mol. The number of hydrogen-bond donors (Lipinski definition) is 2. The fourth-order valence-electron chi connectivity index (χ4n) is 1.27. The third-order valence-electron chi connectivity index (χ3n) is 1.91. The summed E-state index contributed by atoms with van der Waals surface area (Å²) in [6.07, 6.45) is 1.64. The van der Waals surface area contributed by atoms with Crippen LogP contribution in [0.3, 0.4) is 0 Å². The number of halogens is 1. The van der Waals surface area contributed by atoms with E-state index in [1.54, 1.807) is 12.1 Å². The van der Waals surface area contributed by atoms with Crippen molar-refractivity contribution >= 4 is 24.2 Å². The molecule has 2 N–H and O–H groups in total. The number of aryl methyl sites for hydroxylation is 1. The van der Waals surface area contributed by atoms with E-state index in [-0.39, 0.29) is 0 Å². The summed E-state index contributed by atoms with van der Waals surface area (Å²) in [4.78, 5) is 0. The van der Waals surface area contributed by atoms with Crippen molar-refractivity contribution in [1.82, 2.24) is 0 Å². The molecule has 0 atom stereocenters. The molecule has 0 aromatic heterocycles. The third-order valence-corrected chi connectivity index (χ3v) is 2.18. The zero-order valence-corrected chi connectivity index (χ0v) is 8.04. The minimum Gasteiger partial charge on any atom is -0.423 e. The average molecular weight is 198 g/mol. The van der Waals surface area contributed by atoms with Crippen molar-refractivity contribution in [3.05, 3.63) is 29.8 Å². The van der Waals surface area contributed by atoms with Gasteiger partial charge in [0.1, 0.15) is 0 Å². The Labute approximate surface area is 83.3 Å². The lowest BCUT2D eigenvalue weighted by molar-refractivity contribution is 0.425. The quantitative estimate of drug-likeness (QED) is 0.548. The molecule has 0 fully saturated rings. The van der Waals surface area contributed by atoms with Crippen LogP contribution in [0.15, 0.2) is 24.3 Å². The van der Waals surface area contributed by atoms with Gasteiger partial charge in [0.2, 0.25) is 0 Å². The van der Waals surface area contributed by atoms with Crippen molar-refractivity contribution in [3.8, 4) is 0 Å². The fraction of sp³-hybridized carbons (Fsp3) is 0.333. The van der Waals surface area contributed by atoms with E-state index < -0.39 is 7.12 Å². The second-order valence-corrected chi connectivity index (χ2v) is 3.24. The van der Waals surface area contributed by atoms with Gasteiger partial charge in [-0.05, 0) is 23.9 Å². The topological polar surface area (TPSA) is 40.5 Å². The maximum Gasteiger partial charge on any atom is 0.488 e. The normalized spacial score (nSPS) is 10.1. The molecule has 0 saturated carbocycles. The predicted molar refractivity (Wildman–Crippen MR) is 55.3 cm³/mol. The largest absolute Gasteiger partial charge is 0.488 e. The van der Waals surface area contributed by atoms with Crippen LogP contribution in [-0.2, 0) is 6.42 Å². The summed E-state index contributed by atoms with van der Waals surface area (Å²) in [5.41, 5.74) is 1.53. The molecule has 0 heterocycles. The van der Waals surface area contributed by atoms with Gasteiger partial charge < -0.3 is 10.0 Å². The maximum atomic E-state index is 9.03. The fourth-order valence-corrected chi connectivity index (χ4v) is 1.40. The van der Waals surface area contributed by atoms with Gasteiger partial charge in [0.05, 0.1) is 0 Å². The van der Waals surface area contributed by atoms with Crippen LogP contribution in [0.25, 0.3) is 0 Å². The number of alkyl halides is 1. The summed E-state index contributed by atoms with van der Waals surface area (Å²) in [6.45, 7) is 0. The second kappa shape index (κ2) is 5.27. The molecular formula is C9H12BClO2. The Balaban J connectivity index is 2.78. The van der Waals surface area contributed by atoms with Crippen LogP contribution < -0.4 is 5.46 Å². The van der Waals surface area contributed by atoms with Gasteiger partial charge in [-0.1, -0.05) is 24.3 Å². The van der Waals surface area contributed by atoms with Gasteiger partial charge in [-0.15, -0.1) is 11.6 Å². The van der Waals surface area contributed by atoms with Gasteiger partial charge in [-0.25, -0.2) is 0 Å². The highest BCUT2D eigenvalue weighted by Crippen LogP contribution is 2.01. The van der Waals surface area contributed by atoms with E-state index in [0.717, 1.165) is 18.4 Å². The van der Waals surface area contributed by atoms with Gasteiger partial charge in [0, 0.05) is 5.88 Å². The number of benzene rings is 1. The lowest BCUT2D eigenvalue weighted by atomic mass is 9.76. The van der Waals surface area contributed by atoms with Crippen LogP contribution >= 0.6 is 11.6 Å². The van der Waals surface area contributed by atoms with Crippen LogP contribution in [-0.4, -0.2) is 23.0 Å². The van der Waals surface area contributed by atoms with Crippen molar-refractivity contribution in [1.29, 1.82) is 0 Å². The first-order valence-electron chi connectivity index (χ1n) is 4.25. The zero-order valence-electron chi connectivity index (χ0n) is 7.28. The lowest BCUT2D eigenvalue weighted by Gasteiger charge is -2.06. The van der Waals surface area contributed by atoms with E-state index in [1.807, 2.05) is 12.1 Å². The Morgan fingerprint density at radius 2 is 1.92 bits per heavy atom. The van der Waals surface area contributed by atoms with Gasteiger partial charge in [0.25, 0.3) is 0 Å². The molecule has 0 saturated heterocycles. The smallest absolute Gasteiger partial charge is 0.423 e. The van der Waals surface area contributed by atoms with Crippen molar-refractivity contribution < 1.29 is 10.0 Å². The van der Waals surface area contributed by atoms with E-state index >= 15 is 0 Å². The Morgan fingerprint density at radius 1 is 1.23 bits per heavy atom. The first-order valence-corrected chi connectivity index (χ1v) is 4.79. The van der Waals surface area contributed by atoms with Gasteiger partial charge >= 0.3 is 7.12 Å². The van der Waals surface area contributed by atoms with E-state index in [1.165, 1.54) is 0 Å². The highest BCUT2D eigenvalue weighted by Gasteiger charge is 2.14. The van der Waals surface area contributed by atoms with E-state index in [0.29, 0.717) is 11.3 Å². The Hall–Kier alpha value is -0.505. The zero-order chi connectivity index (χ0) is 9.68. The summed E-state index contributed by atoms with van der Waals surface area (Å²) < 4.78 is 0. The summed E-state index contributed by atoms with van der Waals surface area (Å²) in [5, 5.41) is 18.1. The molecule has 0 spiro atoms. The number of rotatable bonds is 4. The average Bonchev–Trinajstić information content (AvgIpc) is 2.15. The summed E-state index contributed by atoms with van der Waals surface area (Å²) in [6, 6.07) is 7.28. The lowest BCUT2D eigenvalue weighted by Crippen LogP contribution is -2.32. The first kappa shape index (κ1) is 10.6. The molecule has 0 aliphatic rings. The van der Waals surface area contributed by atoms with Crippen LogP contribution in [0, 0.1) is 0 Å². The predicted octanol–water partition coefficient (Wildman–Crippen LogP) is 0.538. The molecular weight excluding hydrogens is 186 g/mol. The Morgan fingerprint density at radius 3 is 2.54 bits per heavy atom. The minimum absolute atomic E-state index is 0.576. The molecule has 4 heteroatoms. The van der Waals surface area contributed by atoms with Crippen LogP contribution in [0.2, 0.25) is 0 Å². The Bertz CT molecular complexity index is 266. The highest BCUT2D eigenvalue weighted by molar-refractivity contribution is 6.59. The SMILES string of the molecule is OB(O)c1ccccc1CCCCl. The molecule has 2 nitrogen and oxygen atoms in total. The van der Waals surface area contributed by atoms with Crippen LogP contribution in [0.4, 0.5) is 0 Å². The van der Waals surface area contributed by atoms with E-state index in [9.17, 15) is 0 Å². The molecule has 0 radical (unpaired) electrons. The highest BCUT2D eigenvalue weighted by atomic mass is 35.5. The molecule has 1 aromatic carbocycles. The molecule has 13 heavy (non-hydrogen) atoms. The van der Waals surface area contributed by atoms with E-state index in [2.05, 4.69) is 0 Å². The standard InChI is InChI=1S/C9H12BClO2/c11-7-3-5-8-4-1-2-6-9(8)10(12)13/h1-2,4,6,12-13H,3,5,7H2. The molecule has 0 bridgehead atoms. The molecule has 70 valence electrons. The maximum absolute atomic E-state index is 9.03. The van der Waals surface area contributed by atoms with Crippen molar-refractivity contribution in [2.24, 2.45) is 0 Å². The van der Waals surface area contributed by atoms with Crippen molar-refractivity contribution in [2.45, 2.75) is 12.8 Å². The second-order valence-electron chi connectivity index (χ2n) is 2.87. The van der Waals surface area contributed by atoms with Gasteiger partial charge in [-0.2, -0.15) is 0 Å². The van der Waals surface area contributed by atoms with Crippen molar-refractivity contribution in [3.63, 3.8) is 0 Å². The summed E-state index contributed by atoms with van der Waals surface area (Å²) in [7, 11) is -1.38. The third kappa shape index (κ3) is 3.03. The number of hydrogen-bond acceptors (Lipinski definition) is 2. The molecule has 0 unspecified atom stereocenters.